The molecule has 2 aromatic carbocycles. The van der Waals surface area contributed by atoms with E-state index in [1.807, 2.05) is 0 Å². The van der Waals surface area contributed by atoms with Crippen LogP contribution in [0.2, 0.25) is 0 Å². The molecule has 2 aromatic rings. The van der Waals surface area contributed by atoms with Gasteiger partial charge in [0.1, 0.15) is 5.76 Å². The summed E-state index contributed by atoms with van der Waals surface area (Å²) >= 11 is 0. The zero-order chi connectivity index (χ0) is 21.2. The minimum Gasteiger partial charge on any atom is -0.508 e. The van der Waals surface area contributed by atoms with E-state index in [0.717, 1.165) is 6.08 Å². The summed E-state index contributed by atoms with van der Waals surface area (Å²) in [5.41, 5.74) is 2.94. The molecule has 0 heterocycles. The lowest BCUT2D eigenvalue weighted by Gasteiger charge is -2.05. The van der Waals surface area contributed by atoms with Crippen molar-refractivity contribution >= 4 is 30.5 Å². The molecular weight excluding hydrogens is 372 g/mol. The first kappa shape index (κ1) is 21.7. The average molecular weight is 392 g/mol. The third-order valence-electron chi connectivity index (χ3n) is 4.11. The summed E-state index contributed by atoms with van der Waals surface area (Å²) in [6.45, 7) is -0.402. The number of carbonyl (C=O) groups is 3. The van der Waals surface area contributed by atoms with Crippen LogP contribution in [0.3, 0.4) is 0 Å². The monoisotopic (exact) mass is 392 g/mol. The van der Waals surface area contributed by atoms with Crippen LogP contribution in [0.5, 0.6) is 0 Å². The van der Waals surface area contributed by atoms with Crippen molar-refractivity contribution in [3.63, 3.8) is 0 Å². The van der Waals surface area contributed by atoms with Gasteiger partial charge < -0.3 is 15.3 Å². The minimum absolute atomic E-state index is 0.182. The van der Waals surface area contributed by atoms with Gasteiger partial charge in [-0.3, -0.25) is 14.4 Å². The van der Waals surface area contributed by atoms with E-state index in [2.05, 4.69) is 0 Å². The second kappa shape index (κ2) is 10.7. The molecule has 0 bridgehead atoms. The molecule has 0 aliphatic rings. The summed E-state index contributed by atoms with van der Waals surface area (Å²) in [5, 5.41) is 28.4. The number of ketones is 1. The Bertz CT molecular complexity index is 998. The smallest absolute Gasteiger partial charge is 0.182 e. The molecule has 2 rings (SSSR count). The quantitative estimate of drug-likeness (QED) is 0.262. The van der Waals surface area contributed by atoms with Gasteiger partial charge in [-0.1, -0.05) is 36.4 Å². The molecule has 0 aromatic heterocycles. The molecule has 0 saturated heterocycles. The Labute approximate surface area is 167 Å². The first-order valence-electron chi connectivity index (χ1n) is 8.69. The van der Waals surface area contributed by atoms with Crippen molar-refractivity contribution in [3.05, 3.63) is 93.8 Å². The van der Waals surface area contributed by atoms with Crippen LogP contribution in [-0.2, 0) is 18.0 Å². The molecule has 0 radical (unpaired) electrons. The fraction of sp³-hybridized carbons (Fsp3) is 0.0870. The molecule has 0 unspecified atom stereocenters. The van der Waals surface area contributed by atoms with Gasteiger partial charge in [-0.05, 0) is 46.5 Å². The summed E-state index contributed by atoms with van der Waals surface area (Å²) in [4.78, 5) is 33.7. The summed E-state index contributed by atoms with van der Waals surface area (Å²) in [7, 11) is 0. The second-order valence-electron chi connectivity index (χ2n) is 6.11. The number of allylic oxidation sites excluding steroid dienone is 3. The number of aliphatic hydroxyl groups excluding tert-OH is 3. The van der Waals surface area contributed by atoms with Crippen LogP contribution in [-0.4, -0.2) is 33.7 Å². The topological polar surface area (TPSA) is 112 Å². The largest absolute Gasteiger partial charge is 0.508 e. The van der Waals surface area contributed by atoms with Crippen molar-refractivity contribution in [2.75, 3.05) is 0 Å². The Balaban J connectivity index is 2.08. The Morgan fingerprint density at radius 1 is 0.793 bits per heavy atom. The maximum Gasteiger partial charge on any atom is 0.182 e. The highest BCUT2D eigenvalue weighted by Gasteiger charge is 2.02. The lowest BCUT2D eigenvalue weighted by molar-refractivity contribution is -0.110. The molecule has 0 aliphatic carbocycles. The van der Waals surface area contributed by atoms with Gasteiger partial charge in [0, 0.05) is 17.2 Å². The van der Waals surface area contributed by atoms with Crippen molar-refractivity contribution in [1.82, 2.24) is 0 Å². The number of aliphatic hydroxyl groups is 3. The molecule has 3 N–H and O–H groups in total. The van der Waals surface area contributed by atoms with Gasteiger partial charge in [0.2, 0.25) is 0 Å². The molecule has 0 saturated carbocycles. The Kier molecular flexibility index (Phi) is 7.97. The molecule has 0 spiro atoms. The number of hydrogen-bond acceptors (Lipinski definition) is 6. The van der Waals surface area contributed by atoms with E-state index in [4.69, 9.17) is 0 Å². The van der Waals surface area contributed by atoms with Gasteiger partial charge >= 0.3 is 0 Å². The van der Waals surface area contributed by atoms with Crippen LogP contribution >= 0.6 is 0 Å². The molecule has 0 atom stereocenters. The second-order valence-corrected chi connectivity index (χ2v) is 6.11. The van der Waals surface area contributed by atoms with Gasteiger partial charge in [0.25, 0.3) is 0 Å². The van der Waals surface area contributed by atoms with E-state index in [-0.39, 0.29) is 30.1 Å². The van der Waals surface area contributed by atoms with Gasteiger partial charge in [0.15, 0.2) is 18.4 Å². The summed E-state index contributed by atoms with van der Waals surface area (Å²) in [6.07, 6.45) is 7.78. The van der Waals surface area contributed by atoms with E-state index in [1.165, 1.54) is 30.4 Å². The number of aldehydes is 2. The third kappa shape index (κ3) is 6.21. The van der Waals surface area contributed by atoms with E-state index >= 15 is 0 Å². The summed E-state index contributed by atoms with van der Waals surface area (Å²) in [5.74, 6) is -0.729. The van der Waals surface area contributed by atoms with Crippen LogP contribution in [0.15, 0.2) is 60.4 Å². The highest BCUT2D eigenvalue weighted by molar-refractivity contribution is 6.02. The predicted octanol–water partition coefficient (Wildman–Crippen LogP) is 3.03. The van der Waals surface area contributed by atoms with E-state index in [1.54, 1.807) is 30.3 Å². The number of benzene rings is 2. The van der Waals surface area contributed by atoms with Crippen LogP contribution in [0, 0.1) is 0 Å². The van der Waals surface area contributed by atoms with Crippen molar-refractivity contribution < 1.29 is 29.7 Å². The maximum absolute atomic E-state index is 12.0. The highest BCUT2D eigenvalue weighted by Crippen LogP contribution is 2.14. The lowest BCUT2D eigenvalue weighted by atomic mass is 10.0. The number of hydrogen-bond donors (Lipinski definition) is 3. The fourth-order valence-electron chi connectivity index (χ4n) is 2.56. The Morgan fingerprint density at radius 3 is 2.07 bits per heavy atom. The number of rotatable bonds is 9. The molecule has 6 heteroatoms. The first-order valence-corrected chi connectivity index (χ1v) is 8.69. The molecule has 0 amide bonds. The lowest BCUT2D eigenvalue weighted by Crippen LogP contribution is -1.94. The van der Waals surface area contributed by atoms with Gasteiger partial charge in [-0.2, -0.15) is 0 Å². The average Bonchev–Trinajstić information content (AvgIpc) is 2.75. The van der Waals surface area contributed by atoms with E-state index in [0.29, 0.717) is 34.8 Å². The van der Waals surface area contributed by atoms with Gasteiger partial charge in [-0.25, -0.2) is 0 Å². The fourth-order valence-corrected chi connectivity index (χ4v) is 2.56. The maximum atomic E-state index is 12.0. The van der Waals surface area contributed by atoms with Gasteiger partial charge in [-0.15, -0.1) is 0 Å². The first-order chi connectivity index (χ1) is 14.0. The zero-order valence-electron chi connectivity index (χ0n) is 15.5. The van der Waals surface area contributed by atoms with Crippen molar-refractivity contribution in [2.24, 2.45) is 0 Å². The summed E-state index contributed by atoms with van der Waals surface area (Å²) in [6, 6.07) is 9.62. The van der Waals surface area contributed by atoms with Crippen LogP contribution in [0.25, 0.3) is 12.2 Å². The Hall–Kier alpha value is -3.61. The number of carbonyl (C=O) groups excluding carboxylic acids is 3. The molecule has 6 nitrogen and oxygen atoms in total. The Morgan fingerprint density at radius 2 is 1.41 bits per heavy atom. The molecule has 29 heavy (non-hydrogen) atoms. The highest BCUT2D eigenvalue weighted by atomic mass is 16.3. The third-order valence-corrected chi connectivity index (χ3v) is 4.11. The van der Waals surface area contributed by atoms with Crippen molar-refractivity contribution in [3.8, 4) is 0 Å². The molecule has 148 valence electrons. The van der Waals surface area contributed by atoms with E-state index in [9.17, 15) is 29.7 Å². The van der Waals surface area contributed by atoms with Crippen molar-refractivity contribution in [2.45, 2.75) is 13.2 Å². The molecule has 0 fully saturated rings. The normalized spacial score (nSPS) is 11.9. The molecular formula is C23H20O6. The van der Waals surface area contributed by atoms with E-state index < -0.39 is 5.78 Å². The minimum atomic E-state index is -0.467. The summed E-state index contributed by atoms with van der Waals surface area (Å²) < 4.78 is 0. The van der Waals surface area contributed by atoms with Crippen LogP contribution in [0.4, 0.5) is 0 Å². The van der Waals surface area contributed by atoms with Crippen LogP contribution in [0.1, 0.15) is 43.0 Å². The zero-order valence-corrected chi connectivity index (χ0v) is 15.5. The van der Waals surface area contributed by atoms with Gasteiger partial charge in [0.05, 0.1) is 13.2 Å². The predicted molar refractivity (Wildman–Crippen MR) is 109 cm³/mol. The van der Waals surface area contributed by atoms with Crippen LogP contribution < -0.4 is 0 Å². The molecule has 0 aliphatic heterocycles. The van der Waals surface area contributed by atoms with Crippen molar-refractivity contribution in [1.29, 1.82) is 0 Å². The SMILES string of the molecule is O=Cc1ccc(/C=C/C(=O)/C=C(O)/C=C/c2ccc(CO)c(CO)c2)cc1C=O. The standard InChI is InChI=1S/C23H20O6/c24-12-18-5-1-16(9-20(18)14-26)3-7-22(28)11-23(29)8-4-17-2-6-19(13-25)21(10-17)15-27/h1-12,14,25,27,29H,13,15H2/b7-3+,8-4+,23-11-.